The Balaban J connectivity index is 2.72. The van der Waals surface area contributed by atoms with Crippen molar-refractivity contribution in [3.8, 4) is 0 Å². The molecular weight excluding hydrogens is 224 g/mol. The van der Waals surface area contributed by atoms with E-state index in [1.54, 1.807) is 0 Å². The molecule has 16 heavy (non-hydrogen) atoms. The molecule has 0 unspecified atom stereocenters. The molecule has 1 atom stereocenters. The number of halogens is 2. The molecule has 7 heteroatoms. The molecule has 0 aromatic rings. The SMILES string of the molecule is O=C(O)/C=C/C(=O)N1CC(F)(F)C[C@H]1CO. The molecule has 0 bridgehead atoms. The highest BCUT2D eigenvalue weighted by Gasteiger charge is 2.46. The first-order valence-electron chi connectivity index (χ1n) is 4.56. The summed E-state index contributed by atoms with van der Waals surface area (Å²) >= 11 is 0. The third-order valence-corrected chi connectivity index (χ3v) is 2.24. The van der Waals surface area contributed by atoms with Gasteiger partial charge < -0.3 is 15.1 Å². The fourth-order valence-electron chi connectivity index (χ4n) is 1.56. The molecule has 1 rings (SSSR count). The van der Waals surface area contributed by atoms with Gasteiger partial charge in [0.15, 0.2) is 0 Å². The van der Waals surface area contributed by atoms with E-state index < -0.39 is 43.4 Å². The zero-order chi connectivity index (χ0) is 12.3. The molecule has 0 aromatic heterocycles. The average molecular weight is 235 g/mol. The molecule has 0 spiro atoms. The minimum Gasteiger partial charge on any atom is -0.478 e. The molecule has 0 aromatic carbocycles. The Morgan fingerprint density at radius 3 is 2.56 bits per heavy atom. The number of rotatable bonds is 3. The maximum Gasteiger partial charge on any atom is 0.328 e. The monoisotopic (exact) mass is 235 g/mol. The van der Waals surface area contributed by atoms with Gasteiger partial charge in [-0.05, 0) is 0 Å². The number of aliphatic hydroxyl groups is 1. The fraction of sp³-hybridized carbons (Fsp3) is 0.556. The third kappa shape index (κ3) is 2.99. The topological polar surface area (TPSA) is 77.8 Å². The lowest BCUT2D eigenvalue weighted by Gasteiger charge is -2.20. The lowest BCUT2D eigenvalue weighted by molar-refractivity contribution is -0.132. The fourth-order valence-corrected chi connectivity index (χ4v) is 1.56. The molecule has 1 aliphatic heterocycles. The molecule has 1 saturated heterocycles. The number of carboxylic acid groups (broad SMARTS) is 1. The van der Waals surface area contributed by atoms with Crippen LogP contribution in [0, 0.1) is 0 Å². The van der Waals surface area contributed by atoms with Gasteiger partial charge in [-0.2, -0.15) is 0 Å². The molecule has 0 saturated carbocycles. The minimum absolute atomic E-state index is 0.567. The van der Waals surface area contributed by atoms with Gasteiger partial charge in [-0.15, -0.1) is 0 Å². The maximum atomic E-state index is 12.9. The van der Waals surface area contributed by atoms with Gasteiger partial charge in [0.25, 0.3) is 5.92 Å². The van der Waals surface area contributed by atoms with Crippen molar-refractivity contribution in [2.45, 2.75) is 18.4 Å². The molecular formula is C9H11F2NO4. The van der Waals surface area contributed by atoms with Crippen molar-refractivity contribution in [2.75, 3.05) is 13.2 Å². The second-order valence-corrected chi connectivity index (χ2v) is 3.53. The predicted octanol–water partition coefficient (Wildman–Crippen LogP) is -0.144. The number of nitrogens with zero attached hydrogens (tertiary/aromatic N) is 1. The van der Waals surface area contributed by atoms with Crippen LogP contribution < -0.4 is 0 Å². The van der Waals surface area contributed by atoms with Crippen LogP contribution in [0.4, 0.5) is 8.78 Å². The van der Waals surface area contributed by atoms with Crippen LogP contribution >= 0.6 is 0 Å². The molecule has 5 nitrogen and oxygen atoms in total. The van der Waals surface area contributed by atoms with Crippen molar-refractivity contribution in [2.24, 2.45) is 0 Å². The smallest absolute Gasteiger partial charge is 0.328 e. The summed E-state index contributed by atoms with van der Waals surface area (Å²) in [6.07, 6.45) is 0.676. The number of amides is 1. The number of aliphatic carboxylic acids is 1. The largest absolute Gasteiger partial charge is 0.478 e. The zero-order valence-corrected chi connectivity index (χ0v) is 8.27. The Hall–Kier alpha value is -1.50. The average Bonchev–Trinajstić information content (AvgIpc) is 2.50. The molecule has 0 radical (unpaired) electrons. The Morgan fingerprint density at radius 2 is 2.06 bits per heavy atom. The number of carboxylic acids is 1. The van der Waals surface area contributed by atoms with Gasteiger partial charge in [0.2, 0.25) is 5.91 Å². The van der Waals surface area contributed by atoms with E-state index >= 15 is 0 Å². The number of alkyl halides is 2. The summed E-state index contributed by atoms with van der Waals surface area (Å²) in [5.74, 6) is -5.20. The molecule has 2 N–H and O–H groups in total. The van der Waals surface area contributed by atoms with Gasteiger partial charge in [-0.25, -0.2) is 13.6 Å². The zero-order valence-electron chi connectivity index (χ0n) is 8.27. The molecule has 0 aliphatic carbocycles. The number of carbonyl (C=O) groups excluding carboxylic acids is 1. The Bertz CT molecular complexity index is 329. The number of hydrogen-bond acceptors (Lipinski definition) is 3. The highest BCUT2D eigenvalue weighted by Crippen LogP contribution is 2.31. The summed E-state index contributed by atoms with van der Waals surface area (Å²) in [5, 5.41) is 17.1. The number of hydrogen-bond donors (Lipinski definition) is 2. The normalized spacial score (nSPS) is 23.9. The number of aliphatic hydroxyl groups excluding tert-OH is 1. The summed E-state index contributed by atoms with van der Waals surface area (Å²) in [4.78, 5) is 22.3. The summed E-state index contributed by atoms with van der Waals surface area (Å²) < 4.78 is 25.9. The van der Waals surface area contributed by atoms with E-state index in [2.05, 4.69) is 0 Å². The minimum atomic E-state index is -3.03. The van der Waals surface area contributed by atoms with Crippen molar-refractivity contribution in [3.63, 3.8) is 0 Å². The van der Waals surface area contributed by atoms with Crippen molar-refractivity contribution >= 4 is 11.9 Å². The van der Waals surface area contributed by atoms with Crippen LogP contribution in [-0.2, 0) is 9.59 Å². The van der Waals surface area contributed by atoms with Gasteiger partial charge in [-0.3, -0.25) is 4.79 Å². The Morgan fingerprint density at radius 1 is 1.44 bits per heavy atom. The number of likely N-dealkylation sites (tertiary alicyclic amines) is 1. The van der Waals surface area contributed by atoms with Crippen LogP contribution in [0.25, 0.3) is 0 Å². The lowest BCUT2D eigenvalue weighted by Crippen LogP contribution is -2.37. The second-order valence-electron chi connectivity index (χ2n) is 3.53. The lowest BCUT2D eigenvalue weighted by atomic mass is 10.2. The molecule has 1 fully saturated rings. The van der Waals surface area contributed by atoms with Crippen LogP contribution in [0.1, 0.15) is 6.42 Å². The first-order valence-corrected chi connectivity index (χ1v) is 4.56. The first-order chi connectivity index (χ1) is 7.35. The van der Waals surface area contributed by atoms with Crippen LogP contribution in [0.2, 0.25) is 0 Å². The van der Waals surface area contributed by atoms with Gasteiger partial charge in [-0.1, -0.05) is 0 Å². The molecule has 1 aliphatic rings. The predicted molar refractivity (Wildman–Crippen MR) is 48.9 cm³/mol. The molecule has 1 amide bonds. The van der Waals surface area contributed by atoms with E-state index in [0.29, 0.717) is 12.2 Å². The molecule has 90 valence electrons. The van der Waals surface area contributed by atoms with E-state index in [4.69, 9.17) is 10.2 Å². The van der Waals surface area contributed by atoms with Gasteiger partial charge in [0.05, 0.1) is 19.2 Å². The van der Waals surface area contributed by atoms with E-state index in [-0.39, 0.29) is 0 Å². The van der Waals surface area contributed by atoms with Crippen LogP contribution in [0.15, 0.2) is 12.2 Å². The van der Waals surface area contributed by atoms with Crippen molar-refractivity contribution in [1.82, 2.24) is 4.90 Å². The van der Waals surface area contributed by atoms with Crippen molar-refractivity contribution in [1.29, 1.82) is 0 Å². The second kappa shape index (κ2) is 4.56. The highest BCUT2D eigenvalue weighted by atomic mass is 19.3. The Labute approximate surface area is 90.0 Å². The van der Waals surface area contributed by atoms with Gasteiger partial charge >= 0.3 is 5.97 Å². The van der Waals surface area contributed by atoms with E-state index in [1.165, 1.54) is 0 Å². The summed E-state index contributed by atoms with van der Waals surface area (Å²) in [6, 6.07) is -0.957. The Kier molecular flexibility index (Phi) is 3.58. The maximum absolute atomic E-state index is 12.9. The standard InChI is InChI=1S/C9H11F2NO4/c10-9(11)3-6(4-13)12(5-9)7(14)1-2-8(15)16/h1-2,6,13H,3-5H2,(H,15,16)/b2-1+/t6-/m0/s1. The highest BCUT2D eigenvalue weighted by molar-refractivity contribution is 5.94. The third-order valence-electron chi connectivity index (χ3n) is 2.24. The molecule has 1 heterocycles. The summed E-state index contributed by atoms with van der Waals surface area (Å²) in [6.45, 7) is -1.36. The summed E-state index contributed by atoms with van der Waals surface area (Å²) in [5.41, 5.74) is 0. The summed E-state index contributed by atoms with van der Waals surface area (Å²) in [7, 11) is 0. The quantitative estimate of drug-likeness (QED) is 0.667. The van der Waals surface area contributed by atoms with E-state index in [1.807, 2.05) is 0 Å². The van der Waals surface area contributed by atoms with E-state index in [0.717, 1.165) is 4.90 Å². The van der Waals surface area contributed by atoms with Gasteiger partial charge in [0, 0.05) is 18.6 Å². The van der Waals surface area contributed by atoms with Crippen LogP contribution in [0.5, 0.6) is 0 Å². The van der Waals surface area contributed by atoms with Crippen LogP contribution in [-0.4, -0.2) is 52.1 Å². The van der Waals surface area contributed by atoms with Gasteiger partial charge in [0.1, 0.15) is 0 Å². The van der Waals surface area contributed by atoms with Crippen molar-refractivity contribution < 1.29 is 28.6 Å². The van der Waals surface area contributed by atoms with E-state index in [9.17, 15) is 18.4 Å². The van der Waals surface area contributed by atoms with Crippen LogP contribution in [0.3, 0.4) is 0 Å². The van der Waals surface area contributed by atoms with Crippen molar-refractivity contribution in [3.05, 3.63) is 12.2 Å². The number of carbonyl (C=O) groups is 2. The first kappa shape index (κ1) is 12.6.